The summed E-state index contributed by atoms with van der Waals surface area (Å²) in [4.78, 5) is 0. The van der Waals surface area contributed by atoms with Crippen LogP contribution in [0.1, 0.15) is 40.0 Å². The molecule has 1 aliphatic rings. The van der Waals surface area contributed by atoms with E-state index in [1.807, 2.05) is 0 Å². The number of hydrogen-bond acceptors (Lipinski definition) is 2. The molecule has 0 heterocycles. The van der Waals surface area contributed by atoms with Crippen molar-refractivity contribution in [2.45, 2.75) is 64.3 Å². The van der Waals surface area contributed by atoms with E-state index in [4.69, 9.17) is 9.53 Å². The van der Waals surface area contributed by atoms with Crippen molar-refractivity contribution < 1.29 is 9.53 Å². The Labute approximate surface area is 95.2 Å². The molecular weight excluding hydrogens is 204 g/mol. The van der Waals surface area contributed by atoms with Crippen molar-refractivity contribution in [1.82, 2.24) is 0 Å². The minimum absolute atomic E-state index is 0.296. The Balaban J connectivity index is 2.49. The molecule has 1 saturated carbocycles. The predicted octanol–water partition coefficient (Wildman–Crippen LogP) is 3.17. The average molecular weight is 230 g/mol. The molecule has 1 fully saturated rings. The smallest absolute Gasteiger partial charge is 0.192 e. The summed E-state index contributed by atoms with van der Waals surface area (Å²) in [6.45, 7) is 11.8. The molecule has 1 aliphatic carbocycles. The molecule has 0 aromatic carbocycles. The maximum absolute atomic E-state index is 9.10. The maximum atomic E-state index is 9.10. The quantitative estimate of drug-likeness (QED) is 0.755. The summed E-state index contributed by atoms with van der Waals surface area (Å²) in [7, 11) is -1.59. The number of hydrogen-bond donors (Lipinski definition) is 1. The molecule has 15 heavy (non-hydrogen) atoms. The van der Waals surface area contributed by atoms with Crippen LogP contribution in [0, 0.1) is 5.92 Å². The molecule has 0 saturated heterocycles. The molecule has 0 aromatic rings. The van der Waals surface area contributed by atoms with Gasteiger partial charge in [0, 0.05) is 12.7 Å². The molecule has 0 aliphatic heterocycles. The minimum Gasteiger partial charge on any atom is -0.414 e. The van der Waals surface area contributed by atoms with Crippen molar-refractivity contribution in [3.8, 4) is 0 Å². The van der Waals surface area contributed by atoms with Crippen molar-refractivity contribution in [3.63, 3.8) is 0 Å². The minimum atomic E-state index is -1.59. The van der Waals surface area contributed by atoms with Crippen LogP contribution in [0.3, 0.4) is 0 Å². The molecule has 90 valence electrons. The first-order valence-corrected chi connectivity index (χ1v) is 8.96. The van der Waals surface area contributed by atoms with Gasteiger partial charge in [0.05, 0.1) is 0 Å². The van der Waals surface area contributed by atoms with Gasteiger partial charge in [-0.25, -0.2) is 0 Å². The normalized spacial score (nSPS) is 28.4. The molecule has 0 spiro atoms. The van der Waals surface area contributed by atoms with E-state index in [9.17, 15) is 0 Å². The first kappa shape index (κ1) is 13.2. The van der Waals surface area contributed by atoms with Gasteiger partial charge >= 0.3 is 0 Å². The summed E-state index contributed by atoms with van der Waals surface area (Å²) >= 11 is 0. The topological polar surface area (TPSA) is 29.5 Å². The highest BCUT2D eigenvalue weighted by Gasteiger charge is 2.40. The molecule has 2 nitrogen and oxygen atoms in total. The third kappa shape index (κ3) is 3.30. The van der Waals surface area contributed by atoms with Crippen LogP contribution in [0.2, 0.25) is 18.1 Å². The van der Waals surface area contributed by atoms with Crippen LogP contribution < -0.4 is 0 Å². The number of rotatable bonds is 3. The van der Waals surface area contributed by atoms with Crippen molar-refractivity contribution >= 4 is 8.32 Å². The van der Waals surface area contributed by atoms with Crippen LogP contribution in [0.4, 0.5) is 0 Å². The summed E-state index contributed by atoms with van der Waals surface area (Å²) in [6.07, 6.45) is 3.74. The first-order valence-electron chi connectivity index (χ1n) is 6.05. The van der Waals surface area contributed by atoms with Crippen molar-refractivity contribution in [2.24, 2.45) is 5.92 Å². The van der Waals surface area contributed by atoms with Crippen LogP contribution in [0.15, 0.2) is 0 Å². The van der Waals surface area contributed by atoms with Gasteiger partial charge in [-0.1, -0.05) is 20.8 Å². The van der Waals surface area contributed by atoms with Crippen molar-refractivity contribution in [2.75, 3.05) is 6.61 Å². The van der Waals surface area contributed by atoms with Gasteiger partial charge in [0.1, 0.15) is 0 Å². The highest BCUT2D eigenvalue weighted by Crippen LogP contribution is 2.40. The monoisotopic (exact) mass is 230 g/mol. The fourth-order valence-corrected chi connectivity index (χ4v) is 3.30. The molecule has 2 atom stereocenters. The molecular formula is C12H26O2Si. The van der Waals surface area contributed by atoms with Crippen LogP contribution in [0.5, 0.6) is 0 Å². The van der Waals surface area contributed by atoms with E-state index in [1.165, 1.54) is 0 Å². The lowest BCUT2D eigenvalue weighted by molar-refractivity contribution is 0.168. The SMILES string of the molecule is CC(C)(C)[Si](C)(C)OC1CCC(CO)C1. The third-order valence-corrected chi connectivity index (χ3v) is 8.55. The Morgan fingerprint density at radius 1 is 1.27 bits per heavy atom. The van der Waals surface area contributed by atoms with Crippen LogP contribution >= 0.6 is 0 Å². The average Bonchev–Trinajstić information content (AvgIpc) is 2.49. The number of aliphatic hydroxyl groups excluding tert-OH is 1. The largest absolute Gasteiger partial charge is 0.414 e. The van der Waals surface area contributed by atoms with Gasteiger partial charge in [-0.05, 0) is 43.3 Å². The summed E-state index contributed by atoms with van der Waals surface area (Å²) in [5.74, 6) is 0.486. The molecule has 3 heteroatoms. The van der Waals surface area contributed by atoms with Crippen molar-refractivity contribution in [3.05, 3.63) is 0 Å². The predicted molar refractivity (Wildman–Crippen MR) is 66.5 cm³/mol. The second-order valence-corrected chi connectivity index (χ2v) is 11.1. The molecule has 0 radical (unpaired) electrons. The van der Waals surface area contributed by atoms with Gasteiger partial charge in [0.2, 0.25) is 0 Å². The second kappa shape index (κ2) is 4.56. The van der Waals surface area contributed by atoms with Gasteiger partial charge in [-0.3, -0.25) is 0 Å². The summed E-state index contributed by atoms with van der Waals surface area (Å²) in [5, 5.41) is 9.39. The van der Waals surface area contributed by atoms with Gasteiger partial charge in [0.15, 0.2) is 8.32 Å². The van der Waals surface area contributed by atoms with E-state index in [0.29, 0.717) is 23.7 Å². The highest BCUT2D eigenvalue weighted by molar-refractivity contribution is 6.74. The van der Waals surface area contributed by atoms with E-state index in [2.05, 4.69) is 33.9 Å². The highest BCUT2D eigenvalue weighted by atomic mass is 28.4. The van der Waals surface area contributed by atoms with E-state index in [-0.39, 0.29) is 0 Å². The Hall–Kier alpha value is 0.137. The lowest BCUT2D eigenvalue weighted by Gasteiger charge is -2.38. The van der Waals surface area contributed by atoms with Crippen LogP contribution in [0.25, 0.3) is 0 Å². The molecule has 1 rings (SSSR count). The zero-order chi connectivity index (χ0) is 11.7. The Bertz CT molecular complexity index is 208. The van der Waals surface area contributed by atoms with Gasteiger partial charge in [0.25, 0.3) is 0 Å². The van der Waals surface area contributed by atoms with Gasteiger partial charge < -0.3 is 9.53 Å². The maximum Gasteiger partial charge on any atom is 0.192 e. The first-order chi connectivity index (χ1) is 6.76. The van der Waals surface area contributed by atoms with Crippen molar-refractivity contribution in [1.29, 1.82) is 0 Å². The fourth-order valence-electron chi connectivity index (χ4n) is 1.90. The lowest BCUT2D eigenvalue weighted by Crippen LogP contribution is -2.43. The van der Waals surface area contributed by atoms with E-state index in [1.54, 1.807) is 0 Å². The third-order valence-electron chi connectivity index (χ3n) is 4.02. The molecule has 0 amide bonds. The zero-order valence-electron chi connectivity index (χ0n) is 10.8. The number of aliphatic hydroxyl groups is 1. The second-order valence-electron chi connectivity index (χ2n) is 6.36. The van der Waals surface area contributed by atoms with Gasteiger partial charge in [-0.2, -0.15) is 0 Å². The fraction of sp³-hybridized carbons (Fsp3) is 1.00. The Morgan fingerprint density at radius 3 is 2.27 bits per heavy atom. The van der Waals surface area contributed by atoms with E-state index < -0.39 is 8.32 Å². The van der Waals surface area contributed by atoms with Crippen LogP contribution in [-0.4, -0.2) is 26.1 Å². The lowest BCUT2D eigenvalue weighted by atomic mass is 10.1. The standard InChI is InChI=1S/C12H26O2Si/c1-12(2,3)15(4,5)14-11-7-6-10(8-11)9-13/h10-11,13H,6-9H2,1-5H3. The van der Waals surface area contributed by atoms with E-state index >= 15 is 0 Å². The van der Waals surface area contributed by atoms with E-state index in [0.717, 1.165) is 19.3 Å². The Morgan fingerprint density at radius 2 is 1.87 bits per heavy atom. The Kier molecular flexibility index (Phi) is 4.01. The molecule has 0 aromatic heterocycles. The summed E-state index contributed by atoms with van der Waals surface area (Å²) in [6, 6.07) is 0. The molecule has 0 bridgehead atoms. The summed E-state index contributed by atoms with van der Waals surface area (Å²) < 4.78 is 6.32. The summed E-state index contributed by atoms with van der Waals surface area (Å²) in [5.41, 5.74) is 0. The zero-order valence-corrected chi connectivity index (χ0v) is 11.8. The molecule has 2 unspecified atom stereocenters. The van der Waals surface area contributed by atoms with Crippen LogP contribution in [-0.2, 0) is 4.43 Å². The van der Waals surface area contributed by atoms with Gasteiger partial charge in [-0.15, -0.1) is 0 Å². The molecule has 1 N–H and O–H groups in total.